The van der Waals surface area contributed by atoms with E-state index in [9.17, 15) is 19.8 Å². The van der Waals surface area contributed by atoms with Crippen molar-refractivity contribution in [2.45, 2.75) is 182 Å². The maximum Gasteiger partial charge on any atom is 0.305 e. The first-order chi connectivity index (χ1) is 22.7. The lowest BCUT2D eigenvalue weighted by Crippen LogP contribution is -2.58. The first-order valence-corrected chi connectivity index (χ1v) is 25.5. The zero-order valence-electron chi connectivity index (χ0n) is 34.2. The maximum absolute atomic E-state index is 14.8. The quantitative estimate of drug-likeness (QED) is 0.107. The summed E-state index contributed by atoms with van der Waals surface area (Å²) in [6.45, 7) is 32.2. The summed E-state index contributed by atoms with van der Waals surface area (Å²) in [7, 11) is -4.60. The molecule has 0 aromatic carbocycles. The number of thiazole rings is 1. The van der Waals surface area contributed by atoms with Gasteiger partial charge in [0.25, 0.3) is 0 Å². The number of aliphatic hydroxyl groups excluding tert-OH is 1. The van der Waals surface area contributed by atoms with E-state index in [0.29, 0.717) is 19.3 Å². The number of hydrogen-bond donors (Lipinski definition) is 2. The third-order valence-electron chi connectivity index (χ3n) is 12.1. The number of aliphatic hydroxyl groups is 1. The van der Waals surface area contributed by atoms with Crippen molar-refractivity contribution in [1.29, 1.82) is 0 Å². The summed E-state index contributed by atoms with van der Waals surface area (Å²) in [4.78, 5) is 31.5. The fraction of sp³-hybridized carbons (Fsp3) is 0.775. The lowest BCUT2D eigenvalue weighted by molar-refractivity contribution is -0.155. The molecule has 2 rings (SSSR count). The van der Waals surface area contributed by atoms with E-state index in [4.69, 9.17) is 8.85 Å². The molecule has 1 aliphatic carbocycles. The monoisotopic (exact) mass is 749 g/mol. The highest BCUT2D eigenvalue weighted by atomic mass is 32.1. The van der Waals surface area contributed by atoms with Crippen LogP contribution in [0.3, 0.4) is 0 Å². The Labute approximate surface area is 311 Å². The number of rotatable bonds is 19. The average Bonchev–Trinajstić information content (AvgIpc) is 3.35. The predicted octanol–water partition coefficient (Wildman–Crippen LogP) is 11.0. The zero-order chi connectivity index (χ0) is 38.5. The topological polar surface area (TPSA) is 106 Å². The Morgan fingerprint density at radius 2 is 1.58 bits per heavy atom. The van der Waals surface area contributed by atoms with Gasteiger partial charge < -0.3 is 19.1 Å². The summed E-state index contributed by atoms with van der Waals surface area (Å²) in [6, 6.07) is 0. The number of aliphatic carboxylic acids is 1. The first kappa shape index (κ1) is 44.7. The lowest BCUT2D eigenvalue weighted by Gasteiger charge is -2.52. The first-order valence-electron chi connectivity index (χ1n) is 18.8. The summed E-state index contributed by atoms with van der Waals surface area (Å²) < 4.78 is 14.0. The molecule has 0 saturated heterocycles. The number of carbonyl (C=O) groups excluding carboxylic acids is 1. The second kappa shape index (κ2) is 17.6. The standard InChI is InChI=1S/C40H71NO6SSi2/c1-27(20-21-33(42)29(3)24-32-26-48-31(5)41-32)18-16-19-28(2)36(47-50(14,15)39(9,10)11)30(4)37(45)40(22-17-23-40)34(25-35(43)44)46-49(12,13)38(6,7)8/h20,24,26,28,30,33-34,36,42H,16-19,21-23,25H2,1-15H3,(H,43,44)/b27-20-,29-24+/t28-,30+,33-,34-,36-/m0/s1. The number of aromatic nitrogens is 1. The molecule has 1 aromatic rings. The molecule has 2 N–H and O–H groups in total. The fourth-order valence-corrected chi connectivity index (χ4v) is 9.81. The van der Waals surface area contributed by atoms with Gasteiger partial charge in [0.1, 0.15) is 5.78 Å². The van der Waals surface area contributed by atoms with Crippen LogP contribution in [0, 0.1) is 24.2 Å². The third-order valence-corrected chi connectivity index (χ3v) is 21.9. The molecule has 0 aliphatic heterocycles. The van der Waals surface area contributed by atoms with Crippen LogP contribution in [0.5, 0.6) is 0 Å². The van der Waals surface area contributed by atoms with Crippen molar-refractivity contribution >= 4 is 45.8 Å². The summed E-state index contributed by atoms with van der Waals surface area (Å²) in [5.74, 6) is -1.06. The van der Waals surface area contributed by atoms with Gasteiger partial charge in [0, 0.05) is 11.3 Å². The van der Waals surface area contributed by atoms with E-state index in [1.807, 2.05) is 32.2 Å². The minimum absolute atomic E-state index is 0.0236. The van der Waals surface area contributed by atoms with Crippen LogP contribution in [0.25, 0.3) is 6.08 Å². The molecular formula is C40H71NO6SSi2. The van der Waals surface area contributed by atoms with E-state index in [1.54, 1.807) is 11.3 Å². The second-order valence-electron chi connectivity index (χ2n) is 18.3. The van der Waals surface area contributed by atoms with E-state index in [0.717, 1.165) is 42.0 Å². The minimum atomic E-state index is -2.35. The SMILES string of the molecule is C/C(=C/C[C@H](O)/C(C)=C/c1csc(C)n1)CCC[C@H](C)[C@H](O[Si](C)(C)C(C)(C)C)[C@@H](C)C(=O)C1([C@H](CC(=O)O)O[Si](C)(C)C(C)(C)C)CCC1. The second-order valence-corrected chi connectivity index (χ2v) is 28.9. The lowest BCUT2D eigenvalue weighted by atomic mass is 9.58. The van der Waals surface area contributed by atoms with Crippen molar-refractivity contribution in [2.75, 3.05) is 0 Å². The number of Topliss-reactive ketones (excluding diaryl/α,β-unsaturated/α-hetero) is 1. The fourth-order valence-electron chi connectivity index (χ4n) is 6.40. The number of ketones is 1. The van der Waals surface area contributed by atoms with E-state index in [2.05, 4.69) is 92.6 Å². The normalized spacial score (nSPS) is 19.4. The van der Waals surface area contributed by atoms with Gasteiger partial charge in [-0.1, -0.05) is 73.5 Å². The molecule has 5 atom stereocenters. The molecule has 0 amide bonds. The van der Waals surface area contributed by atoms with Crippen molar-refractivity contribution in [2.24, 2.45) is 17.3 Å². The van der Waals surface area contributed by atoms with Crippen LogP contribution in [-0.2, 0) is 18.4 Å². The Kier molecular flexibility index (Phi) is 15.7. The molecule has 1 heterocycles. The van der Waals surface area contributed by atoms with Gasteiger partial charge in [-0.3, -0.25) is 9.59 Å². The number of carboxylic acid groups (broad SMARTS) is 1. The molecule has 7 nitrogen and oxygen atoms in total. The van der Waals surface area contributed by atoms with Crippen molar-refractivity contribution in [3.05, 3.63) is 33.3 Å². The summed E-state index contributed by atoms with van der Waals surface area (Å²) >= 11 is 1.61. The summed E-state index contributed by atoms with van der Waals surface area (Å²) in [5, 5.41) is 23.7. The number of aryl methyl sites for hydroxylation is 1. The van der Waals surface area contributed by atoms with Crippen molar-refractivity contribution in [3.63, 3.8) is 0 Å². The summed E-state index contributed by atoms with van der Waals surface area (Å²) in [6.07, 6.45) is 8.03. The molecule has 1 aliphatic rings. The Balaban J connectivity index is 2.27. The molecule has 0 bridgehead atoms. The average molecular weight is 750 g/mol. The third kappa shape index (κ3) is 11.8. The molecule has 1 saturated carbocycles. The minimum Gasteiger partial charge on any atom is -0.481 e. The number of carboxylic acids is 1. The number of allylic oxidation sites excluding steroid dienone is 1. The van der Waals surface area contributed by atoms with Gasteiger partial charge in [-0.05, 0) is 113 Å². The van der Waals surface area contributed by atoms with E-state index in [1.165, 1.54) is 5.57 Å². The number of carbonyl (C=O) groups is 2. The zero-order valence-corrected chi connectivity index (χ0v) is 37.0. The molecule has 0 radical (unpaired) electrons. The Hall–Kier alpha value is -1.44. The molecule has 0 spiro atoms. The Morgan fingerprint density at radius 1 is 1.02 bits per heavy atom. The molecule has 286 valence electrons. The molecule has 1 aromatic heterocycles. The number of hydrogen-bond acceptors (Lipinski definition) is 7. The van der Waals surface area contributed by atoms with Gasteiger partial charge in [0.15, 0.2) is 16.6 Å². The van der Waals surface area contributed by atoms with Gasteiger partial charge in [0.2, 0.25) is 0 Å². The highest BCUT2D eigenvalue weighted by Gasteiger charge is 2.56. The Bertz CT molecular complexity index is 1350. The highest BCUT2D eigenvalue weighted by molar-refractivity contribution is 7.09. The van der Waals surface area contributed by atoms with Gasteiger partial charge in [-0.2, -0.15) is 0 Å². The van der Waals surface area contributed by atoms with Crippen molar-refractivity contribution in [1.82, 2.24) is 4.98 Å². The van der Waals surface area contributed by atoms with Crippen molar-refractivity contribution in [3.8, 4) is 0 Å². The van der Waals surface area contributed by atoms with Gasteiger partial charge in [0.05, 0.1) is 40.8 Å². The van der Waals surface area contributed by atoms with Crippen LogP contribution >= 0.6 is 11.3 Å². The van der Waals surface area contributed by atoms with Gasteiger partial charge >= 0.3 is 5.97 Å². The highest BCUT2D eigenvalue weighted by Crippen LogP contribution is 2.52. The van der Waals surface area contributed by atoms with E-state index in [-0.39, 0.29) is 40.2 Å². The molecule has 1 fully saturated rings. The van der Waals surface area contributed by atoms with Crippen molar-refractivity contribution < 1.29 is 28.7 Å². The summed E-state index contributed by atoms with van der Waals surface area (Å²) in [5.41, 5.74) is 2.24. The molecule has 0 unspecified atom stereocenters. The van der Waals surface area contributed by atoms with Crippen LogP contribution in [-0.4, -0.2) is 61.9 Å². The van der Waals surface area contributed by atoms with Crippen LogP contribution < -0.4 is 0 Å². The smallest absolute Gasteiger partial charge is 0.305 e. The van der Waals surface area contributed by atoms with Gasteiger partial charge in [-0.15, -0.1) is 11.3 Å². The molecular weight excluding hydrogens is 679 g/mol. The van der Waals surface area contributed by atoms with Crippen LogP contribution in [0.4, 0.5) is 0 Å². The van der Waals surface area contributed by atoms with Crippen LogP contribution in [0.2, 0.25) is 36.3 Å². The van der Waals surface area contributed by atoms with Crippen LogP contribution in [0.1, 0.15) is 131 Å². The largest absolute Gasteiger partial charge is 0.481 e. The maximum atomic E-state index is 14.8. The van der Waals surface area contributed by atoms with E-state index >= 15 is 0 Å². The molecule has 50 heavy (non-hydrogen) atoms. The van der Waals surface area contributed by atoms with Gasteiger partial charge in [-0.25, -0.2) is 4.98 Å². The molecule has 10 heteroatoms. The Morgan fingerprint density at radius 3 is 2.04 bits per heavy atom. The number of nitrogens with zero attached hydrogens (tertiary/aromatic N) is 1. The van der Waals surface area contributed by atoms with E-state index < -0.39 is 40.2 Å². The predicted molar refractivity (Wildman–Crippen MR) is 215 cm³/mol. The van der Waals surface area contributed by atoms with Crippen LogP contribution in [0.15, 0.2) is 22.6 Å².